The molecule has 100 valence electrons. The number of rotatable bonds is 0. The molecule has 2 heterocycles. The summed E-state index contributed by atoms with van der Waals surface area (Å²) in [5, 5.41) is 2.21. The lowest BCUT2D eigenvalue weighted by molar-refractivity contribution is 0.968. The lowest BCUT2D eigenvalue weighted by atomic mass is 10.1. The minimum atomic E-state index is 0. The number of para-hydroxylation sites is 2. The van der Waals surface area contributed by atoms with Crippen LogP contribution >= 0.6 is 24.0 Å². The first kappa shape index (κ1) is 13.2. The third kappa shape index (κ3) is 1.61. The molecule has 0 radical (unpaired) electrons. The van der Waals surface area contributed by atoms with Gasteiger partial charge in [-0.2, -0.15) is 0 Å². The van der Waals surface area contributed by atoms with Crippen molar-refractivity contribution in [3.8, 4) is 11.4 Å². The van der Waals surface area contributed by atoms with Crippen molar-refractivity contribution < 1.29 is 0 Å². The molecule has 2 aliphatic rings. The highest BCUT2D eigenvalue weighted by Crippen LogP contribution is 2.38. The Balaban J connectivity index is 0.00000121. The van der Waals surface area contributed by atoms with E-state index >= 15 is 0 Å². The summed E-state index contributed by atoms with van der Waals surface area (Å²) < 4.78 is 2.18. The van der Waals surface area contributed by atoms with E-state index in [1.807, 2.05) is 36.4 Å². The first-order chi connectivity index (χ1) is 9.27. The molecule has 3 nitrogen and oxygen atoms in total. The van der Waals surface area contributed by atoms with Crippen LogP contribution in [0.5, 0.6) is 0 Å². The number of hydrogen-bond donors (Lipinski definition) is 1. The Kier molecular flexibility index (Phi) is 3.05. The number of aromatic nitrogens is 2. The van der Waals surface area contributed by atoms with E-state index in [1.54, 1.807) is 0 Å². The molecule has 0 unspecified atom stereocenters. The van der Waals surface area contributed by atoms with E-state index in [-0.39, 0.29) is 24.0 Å². The highest BCUT2D eigenvalue weighted by molar-refractivity contribution is 14.0. The Bertz CT molecular complexity index is 895. The summed E-state index contributed by atoms with van der Waals surface area (Å²) in [4.78, 5) is 4.68. The highest BCUT2D eigenvalue weighted by atomic mass is 127. The predicted molar refractivity (Wildman–Crippen MR) is 94.7 cm³/mol. The van der Waals surface area contributed by atoms with Crippen LogP contribution in [0.2, 0.25) is 0 Å². The maximum absolute atomic E-state index is 6.31. The molecule has 0 amide bonds. The summed E-state index contributed by atoms with van der Waals surface area (Å²) in [6, 6.07) is 16.3. The van der Waals surface area contributed by atoms with Crippen molar-refractivity contribution in [2.45, 2.75) is 0 Å². The molecule has 2 aromatic carbocycles. The molecule has 2 aliphatic heterocycles. The monoisotopic (exact) mass is 375 g/mol. The van der Waals surface area contributed by atoms with Gasteiger partial charge in [-0.05, 0) is 12.1 Å². The minimum absolute atomic E-state index is 0. The van der Waals surface area contributed by atoms with Gasteiger partial charge in [0.1, 0.15) is 5.69 Å². The molecule has 0 fully saturated rings. The second kappa shape index (κ2) is 4.63. The number of nitrogens with zero attached hydrogens (tertiary/aromatic N) is 2. The van der Waals surface area contributed by atoms with Crippen LogP contribution in [0, 0.1) is 0 Å². The van der Waals surface area contributed by atoms with Crippen molar-refractivity contribution in [1.29, 1.82) is 0 Å². The molecule has 2 aromatic rings. The normalized spacial score (nSPS) is 11.1. The van der Waals surface area contributed by atoms with Crippen molar-refractivity contribution in [3.05, 3.63) is 48.5 Å². The fourth-order valence-electron chi connectivity index (χ4n) is 2.84. The van der Waals surface area contributed by atoms with Crippen LogP contribution in [0.4, 0.5) is 5.69 Å². The molecule has 0 saturated heterocycles. The predicted octanol–water partition coefficient (Wildman–Crippen LogP) is 4.03. The van der Waals surface area contributed by atoms with Crippen LogP contribution in [0.3, 0.4) is 0 Å². The molecule has 0 bridgehead atoms. The number of anilines is 1. The largest absolute Gasteiger partial charge is 0.396 e. The molecule has 2 N–H and O–H groups in total. The van der Waals surface area contributed by atoms with Crippen LogP contribution in [-0.2, 0) is 7.05 Å². The number of benzene rings is 2. The van der Waals surface area contributed by atoms with E-state index < -0.39 is 0 Å². The lowest BCUT2D eigenvalue weighted by Gasteiger charge is -2.14. The van der Waals surface area contributed by atoms with E-state index in [1.165, 1.54) is 0 Å². The third-order valence-corrected chi connectivity index (χ3v) is 3.76. The number of nitrogens with two attached hydrogens (primary N) is 1. The molecule has 4 rings (SSSR count). The fraction of sp³-hybridized carbons (Fsp3) is 0.0625. The molecule has 4 heteroatoms. The van der Waals surface area contributed by atoms with Crippen LogP contribution < -0.4 is 5.73 Å². The molecular formula is C16H14IN3. The van der Waals surface area contributed by atoms with Crippen molar-refractivity contribution >= 4 is 51.5 Å². The fourth-order valence-corrected chi connectivity index (χ4v) is 2.84. The second-order valence-corrected chi connectivity index (χ2v) is 4.82. The van der Waals surface area contributed by atoms with Gasteiger partial charge in [0.05, 0.1) is 22.4 Å². The SMILES string of the molecule is Cn1c2c3ccccc3nc-2c(N)c2ccccc21.I. The zero-order chi connectivity index (χ0) is 13.0. The Morgan fingerprint density at radius 3 is 2.40 bits per heavy atom. The van der Waals surface area contributed by atoms with Gasteiger partial charge in [-0.25, -0.2) is 4.98 Å². The molecular weight excluding hydrogens is 361 g/mol. The minimum Gasteiger partial charge on any atom is -0.396 e. The number of aryl methyl sites for hydroxylation is 1. The van der Waals surface area contributed by atoms with Gasteiger partial charge in [0.2, 0.25) is 0 Å². The third-order valence-electron chi connectivity index (χ3n) is 3.76. The smallest absolute Gasteiger partial charge is 0.112 e. The van der Waals surface area contributed by atoms with E-state index in [9.17, 15) is 0 Å². The Morgan fingerprint density at radius 1 is 0.950 bits per heavy atom. The Hall–Kier alpha value is -1.82. The van der Waals surface area contributed by atoms with Crippen molar-refractivity contribution in [2.75, 3.05) is 5.73 Å². The van der Waals surface area contributed by atoms with Crippen molar-refractivity contribution in [3.63, 3.8) is 0 Å². The van der Waals surface area contributed by atoms with E-state index in [0.717, 1.165) is 38.9 Å². The Labute approximate surface area is 133 Å². The van der Waals surface area contributed by atoms with Crippen molar-refractivity contribution in [2.24, 2.45) is 7.05 Å². The van der Waals surface area contributed by atoms with Gasteiger partial charge in [0.15, 0.2) is 0 Å². The summed E-state index contributed by atoms with van der Waals surface area (Å²) in [6.07, 6.45) is 0. The number of hydrogen-bond acceptors (Lipinski definition) is 2. The average Bonchev–Trinajstić information content (AvgIpc) is 2.84. The zero-order valence-corrected chi connectivity index (χ0v) is 13.3. The first-order valence-corrected chi connectivity index (χ1v) is 6.29. The Morgan fingerprint density at radius 2 is 1.60 bits per heavy atom. The van der Waals surface area contributed by atoms with Gasteiger partial charge >= 0.3 is 0 Å². The highest BCUT2D eigenvalue weighted by Gasteiger charge is 2.19. The summed E-state index contributed by atoms with van der Waals surface area (Å²) in [6.45, 7) is 0. The van der Waals surface area contributed by atoms with Crippen molar-refractivity contribution in [1.82, 2.24) is 9.55 Å². The number of nitrogen functional groups attached to an aromatic ring is 1. The number of pyridine rings is 1. The summed E-state index contributed by atoms with van der Waals surface area (Å²) in [7, 11) is 2.07. The van der Waals surface area contributed by atoms with Gasteiger partial charge < -0.3 is 10.3 Å². The van der Waals surface area contributed by atoms with Crippen LogP contribution in [0.1, 0.15) is 0 Å². The summed E-state index contributed by atoms with van der Waals surface area (Å²) in [5.74, 6) is 0. The maximum Gasteiger partial charge on any atom is 0.112 e. The van der Waals surface area contributed by atoms with Gasteiger partial charge in [-0.3, -0.25) is 0 Å². The number of halogens is 1. The van der Waals surface area contributed by atoms with Gasteiger partial charge in [0.25, 0.3) is 0 Å². The molecule has 20 heavy (non-hydrogen) atoms. The van der Waals surface area contributed by atoms with E-state index in [4.69, 9.17) is 5.73 Å². The molecule has 0 atom stereocenters. The summed E-state index contributed by atoms with van der Waals surface area (Å²) in [5.41, 5.74) is 11.2. The zero-order valence-electron chi connectivity index (χ0n) is 11.0. The van der Waals surface area contributed by atoms with E-state index in [2.05, 4.69) is 28.7 Å². The molecule has 0 saturated carbocycles. The van der Waals surface area contributed by atoms with Gasteiger partial charge in [0, 0.05) is 17.8 Å². The molecule has 0 spiro atoms. The average molecular weight is 375 g/mol. The summed E-state index contributed by atoms with van der Waals surface area (Å²) >= 11 is 0. The quantitative estimate of drug-likeness (QED) is 0.472. The lowest BCUT2D eigenvalue weighted by Crippen LogP contribution is -2.03. The second-order valence-electron chi connectivity index (χ2n) is 4.82. The number of fused-ring (bicyclic) bond motifs is 4. The van der Waals surface area contributed by atoms with E-state index in [0.29, 0.717) is 0 Å². The van der Waals surface area contributed by atoms with Crippen LogP contribution in [-0.4, -0.2) is 9.55 Å². The maximum atomic E-state index is 6.31. The van der Waals surface area contributed by atoms with Gasteiger partial charge in [-0.1, -0.05) is 36.4 Å². The molecule has 0 aliphatic carbocycles. The van der Waals surface area contributed by atoms with Gasteiger partial charge in [-0.15, -0.1) is 24.0 Å². The van der Waals surface area contributed by atoms with Crippen LogP contribution in [0.25, 0.3) is 33.2 Å². The van der Waals surface area contributed by atoms with Crippen LogP contribution in [0.15, 0.2) is 48.5 Å². The first-order valence-electron chi connectivity index (χ1n) is 6.29. The molecule has 0 aromatic heterocycles. The topological polar surface area (TPSA) is 43.8 Å². The standard InChI is InChI=1S/C16H13N3.HI/c1-19-13-9-5-3-7-11(13)14(17)15-16(19)10-6-2-4-8-12(10)18-15;/h2-9H,17H2,1H3;1H.